The Balaban J connectivity index is 1.40. The van der Waals surface area contributed by atoms with E-state index in [-0.39, 0.29) is 22.3 Å². The van der Waals surface area contributed by atoms with E-state index >= 15 is 0 Å². The van der Waals surface area contributed by atoms with Crippen LogP contribution in [0, 0.1) is 13.8 Å². The van der Waals surface area contributed by atoms with Crippen LogP contribution in [0.1, 0.15) is 47.9 Å². The number of hydrogen-bond acceptors (Lipinski definition) is 9. The number of carbonyl (C=O) groups excluding carboxylic acids is 2. The molecule has 5 aromatic rings. The average molecular weight is 699 g/mol. The molecule has 1 fully saturated rings. The molecule has 10 nitrogen and oxygen atoms in total. The van der Waals surface area contributed by atoms with E-state index < -0.39 is 34.8 Å². The van der Waals surface area contributed by atoms with Gasteiger partial charge in [0.2, 0.25) is 0 Å². The Bertz CT molecular complexity index is 1950. The number of nitrogens with one attached hydrogen (secondary N) is 3. The van der Waals surface area contributed by atoms with E-state index in [9.17, 15) is 22.8 Å². The van der Waals surface area contributed by atoms with Gasteiger partial charge in [0, 0.05) is 41.5 Å². The molecular weight excluding hydrogens is 666 g/mol. The third-order valence-electron chi connectivity index (χ3n) is 8.94. The lowest BCUT2D eigenvalue weighted by Gasteiger charge is -2.39. The molecule has 1 aromatic carbocycles. The molecule has 3 N–H and O–H groups in total. The number of halogens is 3. The molecule has 3 amide bonds. The number of anilines is 5. The molecule has 2 atom stereocenters. The first-order valence-corrected chi connectivity index (χ1v) is 16.5. The van der Waals surface area contributed by atoms with Crippen molar-refractivity contribution in [3.63, 3.8) is 0 Å². The van der Waals surface area contributed by atoms with E-state index in [0.29, 0.717) is 22.8 Å². The van der Waals surface area contributed by atoms with Crippen molar-refractivity contribution in [2.24, 2.45) is 0 Å². The molecule has 2 unspecified atom stereocenters. The second kappa shape index (κ2) is 13.8. The number of urea groups is 1. The molecule has 0 aliphatic carbocycles. The number of thioether (sulfide) groups is 1. The van der Waals surface area contributed by atoms with Gasteiger partial charge in [-0.1, -0.05) is 13.8 Å². The zero-order valence-electron chi connectivity index (χ0n) is 27.5. The van der Waals surface area contributed by atoms with E-state index in [0.717, 1.165) is 27.4 Å². The van der Waals surface area contributed by atoms with Gasteiger partial charge in [-0.2, -0.15) is 13.2 Å². The number of hydrogen-bond donors (Lipinski definition) is 3. The van der Waals surface area contributed by atoms with Crippen LogP contribution < -0.4 is 20.9 Å². The number of benzene rings is 1. The van der Waals surface area contributed by atoms with Crippen molar-refractivity contribution in [1.82, 2.24) is 25.3 Å². The Morgan fingerprint density at radius 1 is 0.760 bits per heavy atom. The average Bonchev–Trinajstić information content (AvgIpc) is 3.36. The number of aromatic nitrogens is 4. The summed E-state index contributed by atoms with van der Waals surface area (Å²) in [5.41, 5.74) is -1.01. The minimum absolute atomic E-state index is 0.0670. The van der Waals surface area contributed by atoms with Gasteiger partial charge in [0.1, 0.15) is 17.2 Å². The minimum Gasteiger partial charge on any atom is -0.339 e. The lowest BCUT2D eigenvalue weighted by atomic mass is 9.70. The van der Waals surface area contributed by atoms with Crippen molar-refractivity contribution in [1.29, 1.82) is 0 Å². The highest BCUT2D eigenvalue weighted by Crippen LogP contribution is 2.46. The van der Waals surface area contributed by atoms with E-state index in [1.165, 1.54) is 24.3 Å². The molecule has 4 aromatic heterocycles. The second-order valence-electron chi connectivity index (χ2n) is 12.0. The Hall–Kier alpha value is -5.50. The van der Waals surface area contributed by atoms with Crippen molar-refractivity contribution < 1.29 is 22.8 Å². The predicted octanol–water partition coefficient (Wildman–Crippen LogP) is 8.38. The lowest BCUT2D eigenvalue weighted by molar-refractivity contribution is -0.123. The zero-order chi connectivity index (χ0) is 35.6. The molecule has 0 radical (unpaired) electrons. The fraction of sp³-hybridized carbons (Fsp3) is 0.222. The van der Waals surface area contributed by atoms with Crippen LogP contribution in [0.5, 0.6) is 0 Å². The monoisotopic (exact) mass is 698 g/mol. The van der Waals surface area contributed by atoms with Crippen LogP contribution in [0.3, 0.4) is 0 Å². The highest BCUT2D eigenvalue weighted by molar-refractivity contribution is 8.00. The minimum atomic E-state index is -4.48. The Labute approximate surface area is 291 Å². The van der Waals surface area contributed by atoms with Gasteiger partial charge < -0.3 is 16.0 Å². The summed E-state index contributed by atoms with van der Waals surface area (Å²) in [5.74, 6) is -0.767. The number of imide groups is 1. The summed E-state index contributed by atoms with van der Waals surface area (Å²) in [6, 6.07) is 15.4. The summed E-state index contributed by atoms with van der Waals surface area (Å²) in [6.45, 7) is 7.59. The standard InChI is InChI=1S/C36H33F3N8O2S/c1-21-9-13-40-19-29(21)44-31-17-25(11-15-42-31)23(3)35(24(4)26-12-16-43-32(18-26)45-30-20-41-14-10-22(30)2)33(48)47(34(49)46-35)27-5-7-28(8-6-27)50-36(37,38)39/h5-20,23-24H,1-4H3,(H,42,44)(H,43,45)(H,46,49). The molecule has 1 aliphatic rings. The quantitative estimate of drug-likeness (QED) is 0.0974. The normalized spacial score (nSPS) is 17.3. The number of pyridine rings is 4. The number of aryl methyl sites for hydroxylation is 2. The summed E-state index contributed by atoms with van der Waals surface area (Å²) in [5, 5.41) is 9.59. The summed E-state index contributed by atoms with van der Waals surface area (Å²) in [4.78, 5) is 46.9. The molecule has 6 rings (SSSR count). The molecule has 0 bridgehead atoms. The first-order chi connectivity index (χ1) is 23.9. The van der Waals surface area contributed by atoms with Crippen LogP contribution in [-0.2, 0) is 4.79 Å². The number of carbonyl (C=O) groups is 2. The fourth-order valence-corrected chi connectivity index (χ4v) is 6.66. The van der Waals surface area contributed by atoms with Gasteiger partial charge >= 0.3 is 11.5 Å². The molecular formula is C36H33F3N8O2S. The van der Waals surface area contributed by atoms with Crippen molar-refractivity contribution in [3.05, 3.63) is 120 Å². The van der Waals surface area contributed by atoms with Gasteiger partial charge in [0.15, 0.2) is 0 Å². The smallest absolute Gasteiger partial charge is 0.339 e. The number of amides is 3. The summed E-state index contributed by atoms with van der Waals surface area (Å²) >= 11 is -0.273. The number of alkyl halides is 3. The Morgan fingerprint density at radius 3 is 1.72 bits per heavy atom. The van der Waals surface area contributed by atoms with Crippen molar-refractivity contribution >= 4 is 52.4 Å². The van der Waals surface area contributed by atoms with Gasteiger partial charge in [-0.15, -0.1) is 0 Å². The van der Waals surface area contributed by atoms with Crippen LogP contribution in [0.4, 0.5) is 46.7 Å². The molecule has 1 aliphatic heterocycles. The Morgan fingerprint density at radius 2 is 1.26 bits per heavy atom. The van der Waals surface area contributed by atoms with Gasteiger partial charge in [-0.3, -0.25) is 14.8 Å². The van der Waals surface area contributed by atoms with E-state index in [4.69, 9.17) is 0 Å². The molecule has 256 valence electrons. The molecule has 0 spiro atoms. The molecule has 14 heteroatoms. The van der Waals surface area contributed by atoms with Crippen LogP contribution in [0.25, 0.3) is 0 Å². The summed E-state index contributed by atoms with van der Waals surface area (Å²) < 4.78 is 39.1. The fourth-order valence-electron chi connectivity index (χ4n) is 6.12. The van der Waals surface area contributed by atoms with E-state index in [2.05, 4.69) is 35.9 Å². The topological polar surface area (TPSA) is 125 Å². The predicted molar refractivity (Wildman–Crippen MR) is 187 cm³/mol. The Kier molecular flexibility index (Phi) is 9.47. The highest BCUT2D eigenvalue weighted by Gasteiger charge is 2.58. The second-order valence-corrected chi connectivity index (χ2v) is 13.1. The number of rotatable bonds is 10. The first-order valence-electron chi connectivity index (χ1n) is 15.7. The van der Waals surface area contributed by atoms with E-state index in [1.807, 2.05) is 52.0 Å². The number of nitrogens with zero attached hydrogens (tertiary/aromatic N) is 5. The van der Waals surface area contributed by atoms with Crippen LogP contribution in [0.2, 0.25) is 0 Å². The maximum absolute atomic E-state index is 14.8. The van der Waals surface area contributed by atoms with Gasteiger partial charge in [0.05, 0.1) is 29.5 Å². The van der Waals surface area contributed by atoms with Crippen molar-refractivity contribution in [2.75, 3.05) is 15.5 Å². The maximum atomic E-state index is 14.8. The van der Waals surface area contributed by atoms with Gasteiger partial charge in [-0.25, -0.2) is 19.7 Å². The third kappa shape index (κ3) is 6.97. The van der Waals surface area contributed by atoms with Crippen LogP contribution in [0.15, 0.2) is 103 Å². The lowest BCUT2D eigenvalue weighted by Crippen LogP contribution is -2.55. The highest BCUT2D eigenvalue weighted by atomic mass is 32.2. The van der Waals surface area contributed by atoms with E-state index in [1.54, 1.807) is 49.3 Å². The third-order valence-corrected chi connectivity index (χ3v) is 9.68. The zero-order valence-corrected chi connectivity index (χ0v) is 28.3. The summed E-state index contributed by atoms with van der Waals surface area (Å²) in [6.07, 6.45) is 10.0. The molecule has 0 saturated carbocycles. The SMILES string of the molecule is Cc1ccncc1Nc1cc(C(C)C2(C(C)c3ccnc(Nc4cnccc4C)c3)NC(=O)N(c3ccc(SC(F)(F)F)cc3)C2=O)ccn1. The largest absolute Gasteiger partial charge is 0.446 e. The van der Waals surface area contributed by atoms with Gasteiger partial charge in [-0.05, 0) is 109 Å². The van der Waals surface area contributed by atoms with Crippen molar-refractivity contribution in [2.45, 2.75) is 55.5 Å². The van der Waals surface area contributed by atoms with Crippen LogP contribution >= 0.6 is 11.8 Å². The van der Waals surface area contributed by atoms with Gasteiger partial charge in [0.25, 0.3) is 5.91 Å². The summed E-state index contributed by atoms with van der Waals surface area (Å²) in [7, 11) is 0. The molecule has 5 heterocycles. The van der Waals surface area contributed by atoms with Crippen LogP contribution in [-0.4, -0.2) is 42.9 Å². The van der Waals surface area contributed by atoms with Crippen molar-refractivity contribution in [3.8, 4) is 0 Å². The molecule has 50 heavy (non-hydrogen) atoms. The maximum Gasteiger partial charge on any atom is 0.446 e. The molecule has 1 saturated heterocycles. The first kappa shape index (κ1) is 34.4.